The molecule has 0 N–H and O–H groups in total. The molecule has 0 aliphatic carbocycles. The van der Waals surface area contributed by atoms with Crippen molar-refractivity contribution >= 4 is 33.9 Å². The number of para-hydroxylation sites is 3. The summed E-state index contributed by atoms with van der Waals surface area (Å²) in [4.78, 5) is 43.0. The van der Waals surface area contributed by atoms with Gasteiger partial charge in [-0.15, -0.1) is 0 Å². The lowest BCUT2D eigenvalue weighted by Gasteiger charge is -2.14. The van der Waals surface area contributed by atoms with Crippen molar-refractivity contribution in [2.24, 2.45) is 0 Å². The molecule has 0 amide bonds. The van der Waals surface area contributed by atoms with Gasteiger partial charge in [0.1, 0.15) is 17.5 Å². The van der Waals surface area contributed by atoms with Crippen molar-refractivity contribution < 1.29 is 0 Å². The maximum Gasteiger partial charge on any atom is 0.198 e. The second kappa shape index (κ2) is 11.6. The molecule has 6 heterocycles. The molecule has 51 heavy (non-hydrogen) atoms. The Labute approximate surface area is 289 Å². The normalized spacial score (nSPS) is 11.5. The van der Waals surface area contributed by atoms with Gasteiger partial charge in [-0.1, -0.05) is 54.6 Å². The van der Waals surface area contributed by atoms with Crippen molar-refractivity contribution in [2.75, 3.05) is 0 Å². The van der Waals surface area contributed by atoms with Gasteiger partial charge in [-0.2, -0.15) is 0 Å². The Balaban J connectivity index is 1.31. The first-order valence-electron chi connectivity index (χ1n) is 16.2. The summed E-state index contributed by atoms with van der Waals surface area (Å²) in [6.45, 7) is 0. The molecule has 0 saturated heterocycles. The molecule has 10 aromatic rings. The summed E-state index contributed by atoms with van der Waals surface area (Å²) in [6.07, 6.45) is 10.0. The van der Waals surface area contributed by atoms with Crippen LogP contribution in [0.1, 0.15) is 0 Å². The molecule has 12 heteroatoms. The first-order chi connectivity index (χ1) is 25.3. The predicted octanol–water partition coefficient (Wildman–Crippen LogP) is 7.07. The Bertz CT molecular complexity index is 2540. The van der Waals surface area contributed by atoms with Gasteiger partial charge in [0.25, 0.3) is 0 Å². The van der Waals surface area contributed by atoms with Gasteiger partial charge in [0.2, 0.25) is 0 Å². The van der Waals surface area contributed by atoms with Crippen LogP contribution in [0.25, 0.3) is 85.1 Å². The fourth-order valence-electron chi connectivity index (χ4n) is 6.49. The Hall–Kier alpha value is -7.47. The number of benzene rings is 4. The summed E-state index contributed by atoms with van der Waals surface area (Å²) in [5.74, 6) is 1.97. The van der Waals surface area contributed by atoms with Gasteiger partial charge in [-0.3, -0.25) is 13.7 Å². The third-order valence-electron chi connectivity index (χ3n) is 8.64. The number of hydrogen-bond donors (Lipinski definition) is 0. The molecule has 0 aliphatic rings. The van der Waals surface area contributed by atoms with Crippen LogP contribution in [0, 0.1) is 0 Å². The molecule has 0 spiro atoms. The summed E-state index contributed by atoms with van der Waals surface area (Å²) in [7, 11) is 0. The molecule has 0 radical (unpaired) electrons. The van der Waals surface area contributed by atoms with E-state index in [1.807, 2.05) is 105 Å². The van der Waals surface area contributed by atoms with Crippen molar-refractivity contribution in [3.05, 3.63) is 146 Å². The fraction of sp³-hybridized carbons (Fsp3) is 0. The first-order valence-corrected chi connectivity index (χ1v) is 16.2. The molecule has 0 atom stereocenters. The van der Waals surface area contributed by atoms with Crippen LogP contribution in [0.2, 0.25) is 0 Å². The number of nitrogens with zero attached hydrogens (tertiary/aromatic N) is 12. The summed E-state index contributed by atoms with van der Waals surface area (Å²) in [5, 5.41) is 0. The van der Waals surface area contributed by atoms with Crippen LogP contribution in [-0.4, -0.2) is 58.6 Å². The average Bonchev–Trinajstić information content (AvgIpc) is 3.91. The quantitative estimate of drug-likeness (QED) is 0.184. The van der Waals surface area contributed by atoms with Crippen LogP contribution < -0.4 is 0 Å². The van der Waals surface area contributed by atoms with E-state index >= 15 is 0 Å². The Morgan fingerprint density at radius 1 is 0.314 bits per heavy atom. The second-order valence-electron chi connectivity index (χ2n) is 11.7. The van der Waals surface area contributed by atoms with Gasteiger partial charge >= 0.3 is 0 Å². The summed E-state index contributed by atoms with van der Waals surface area (Å²) in [6, 6.07) is 36.3. The highest BCUT2D eigenvalue weighted by atomic mass is 15.2. The largest absolute Gasteiger partial charge is 0.275 e. The highest BCUT2D eigenvalue weighted by Crippen LogP contribution is 2.37. The van der Waals surface area contributed by atoms with Crippen LogP contribution in [0.15, 0.2) is 146 Å². The lowest BCUT2D eigenvalue weighted by molar-refractivity contribution is 1.06. The number of imidazole rings is 3. The zero-order valence-electron chi connectivity index (χ0n) is 26.7. The first kappa shape index (κ1) is 28.5. The van der Waals surface area contributed by atoms with E-state index in [1.54, 1.807) is 37.2 Å². The fourth-order valence-corrected chi connectivity index (χ4v) is 6.49. The molecular formula is C39H24N12. The average molecular weight is 661 g/mol. The standard InChI is InChI=1S/C39H24N12/c1-4-10-28(11-5-1)49-34(46-31-37(49)43-19-16-40-31)25-22-26(35-47-32-38(44-20-17-41-32)50(35)29-12-6-2-7-13-29)24-27(23-25)36-48-33-39(45-21-18-42-33)51(36)30-14-8-3-9-15-30/h1-24H. The zero-order chi connectivity index (χ0) is 33.7. The minimum absolute atomic E-state index is 0.526. The molecule has 12 nitrogen and oxygen atoms in total. The van der Waals surface area contributed by atoms with Crippen molar-refractivity contribution in [2.45, 2.75) is 0 Å². The molecular weight excluding hydrogens is 637 g/mol. The van der Waals surface area contributed by atoms with E-state index in [-0.39, 0.29) is 0 Å². The van der Waals surface area contributed by atoms with Crippen LogP contribution in [0.3, 0.4) is 0 Å². The third-order valence-corrected chi connectivity index (χ3v) is 8.64. The Morgan fingerprint density at radius 2 is 0.588 bits per heavy atom. The highest BCUT2D eigenvalue weighted by molar-refractivity contribution is 5.86. The summed E-state index contributed by atoms with van der Waals surface area (Å²) in [5.41, 5.74) is 8.59. The molecule has 0 aliphatic heterocycles. The number of aromatic nitrogens is 12. The lowest BCUT2D eigenvalue weighted by Crippen LogP contribution is -2.02. The maximum absolute atomic E-state index is 5.06. The minimum atomic E-state index is 0.526. The van der Waals surface area contributed by atoms with E-state index < -0.39 is 0 Å². The van der Waals surface area contributed by atoms with E-state index in [4.69, 9.17) is 29.9 Å². The van der Waals surface area contributed by atoms with Gasteiger partial charge in [0.15, 0.2) is 33.9 Å². The predicted molar refractivity (Wildman–Crippen MR) is 193 cm³/mol. The number of hydrogen-bond acceptors (Lipinski definition) is 9. The summed E-state index contributed by atoms with van der Waals surface area (Å²) < 4.78 is 6.08. The van der Waals surface area contributed by atoms with Crippen LogP contribution >= 0.6 is 0 Å². The van der Waals surface area contributed by atoms with E-state index in [0.29, 0.717) is 51.4 Å². The second-order valence-corrected chi connectivity index (χ2v) is 11.7. The van der Waals surface area contributed by atoms with Gasteiger partial charge in [0.05, 0.1) is 0 Å². The van der Waals surface area contributed by atoms with Crippen molar-refractivity contribution in [1.82, 2.24) is 58.6 Å². The van der Waals surface area contributed by atoms with Crippen LogP contribution in [0.4, 0.5) is 0 Å². The van der Waals surface area contributed by atoms with E-state index in [1.165, 1.54) is 0 Å². The summed E-state index contributed by atoms with van der Waals surface area (Å²) >= 11 is 0. The molecule has 0 saturated carbocycles. The molecule has 4 aromatic carbocycles. The highest BCUT2D eigenvalue weighted by Gasteiger charge is 2.24. The van der Waals surface area contributed by atoms with Crippen LogP contribution in [-0.2, 0) is 0 Å². The minimum Gasteiger partial charge on any atom is -0.275 e. The molecule has 0 fully saturated rings. The van der Waals surface area contributed by atoms with Crippen molar-refractivity contribution in [3.8, 4) is 51.2 Å². The zero-order valence-corrected chi connectivity index (χ0v) is 26.7. The van der Waals surface area contributed by atoms with Gasteiger partial charge in [0, 0.05) is 70.9 Å². The van der Waals surface area contributed by atoms with Crippen molar-refractivity contribution in [3.63, 3.8) is 0 Å². The number of fused-ring (bicyclic) bond motifs is 3. The monoisotopic (exact) mass is 660 g/mol. The SMILES string of the molecule is c1ccc(-n2c(-c3cc(-c4nc5nccnc5n4-c4ccccc4)cc(-c4nc5nccnc5n4-c4ccccc4)c3)nc3nccnc32)cc1. The van der Waals surface area contributed by atoms with E-state index in [9.17, 15) is 0 Å². The van der Waals surface area contributed by atoms with E-state index in [2.05, 4.69) is 33.2 Å². The lowest BCUT2D eigenvalue weighted by atomic mass is 10.0. The molecule has 240 valence electrons. The topological polar surface area (TPSA) is 131 Å². The molecule has 10 rings (SSSR count). The maximum atomic E-state index is 5.06. The van der Waals surface area contributed by atoms with Crippen molar-refractivity contribution in [1.29, 1.82) is 0 Å². The van der Waals surface area contributed by atoms with Gasteiger partial charge < -0.3 is 0 Å². The molecule has 0 bridgehead atoms. The Kier molecular flexibility index (Phi) is 6.49. The third kappa shape index (κ3) is 4.73. The van der Waals surface area contributed by atoms with Gasteiger partial charge in [-0.05, 0) is 54.6 Å². The number of rotatable bonds is 6. The van der Waals surface area contributed by atoms with E-state index in [0.717, 1.165) is 33.8 Å². The van der Waals surface area contributed by atoms with Crippen LogP contribution in [0.5, 0.6) is 0 Å². The molecule has 6 aromatic heterocycles. The Morgan fingerprint density at radius 3 is 0.882 bits per heavy atom. The van der Waals surface area contributed by atoms with Gasteiger partial charge in [-0.25, -0.2) is 44.9 Å². The smallest absolute Gasteiger partial charge is 0.198 e. The molecule has 0 unspecified atom stereocenters.